The van der Waals surface area contributed by atoms with Gasteiger partial charge in [-0.05, 0) is 35.1 Å². The summed E-state index contributed by atoms with van der Waals surface area (Å²) in [6.07, 6.45) is 0.454. The van der Waals surface area contributed by atoms with E-state index in [1.54, 1.807) is 10.3 Å². The number of hydrogen-bond donors (Lipinski definition) is 2. The van der Waals surface area contributed by atoms with Crippen molar-refractivity contribution in [2.75, 3.05) is 25.0 Å². The zero-order valence-corrected chi connectivity index (χ0v) is 19.8. The molecule has 0 bridgehead atoms. The first-order chi connectivity index (χ1) is 17.0. The quantitative estimate of drug-likeness (QED) is 0.530. The van der Waals surface area contributed by atoms with Crippen LogP contribution in [0.15, 0.2) is 53.9 Å². The van der Waals surface area contributed by atoms with Gasteiger partial charge in [0.1, 0.15) is 6.61 Å². The Kier molecular flexibility index (Phi) is 6.50. The van der Waals surface area contributed by atoms with Crippen LogP contribution in [-0.4, -0.2) is 52.7 Å². The molecule has 2 N–H and O–H groups in total. The maximum absolute atomic E-state index is 12.6. The number of carboxylic acids is 1. The van der Waals surface area contributed by atoms with Gasteiger partial charge in [0.2, 0.25) is 5.91 Å². The first kappa shape index (κ1) is 23.0. The number of nitrogens with one attached hydrogen (secondary N) is 1. The van der Waals surface area contributed by atoms with Crippen molar-refractivity contribution in [2.45, 2.75) is 25.2 Å². The monoisotopic (exact) mass is 491 g/mol. The summed E-state index contributed by atoms with van der Waals surface area (Å²) in [7, 11) is 0. The predicted molar refractivity (Wildman–Crippen MR) is 131 cm³/mol. The number of ether oxygens (including phenoxy) is 1. The number of likely N-dealkylation sites (tertiary alicyclic amines) is 1. The Morgan fingerprint density at radius 2 is 1.66 bits per heavy atom. The second-order valence-corrected chi connectivity index (χ2v) is 9.62. The van der Waals surface area contributed by atoms with Gasteiger partial charge in [-0.25, -0.2) is 9.78 Å². The number of thiazole rings is 1. The largest absolute Gasteiger partial charge is 0.481 e. The summed E-state index contributed by atoms with van der Waals surface area (Å²) in [5.41, 5.74) is 5.18. The zero-order valence-electron chi connectivity index (χ0n) is 19.0. The molecule has 1 aromatic heterocycles. The van der Waals surface area contributed by atoms with Crippen LogP contribution in [0.1, 0.15) is 35.6 Å². The minimum Gasteiger partial charge on any atom is -0.481 e. The summed E-state index contributed by atoms with van der Waals surface area (Å²) in [5.74, 6) is -1.30. The van der Waals surface area contributed by atoms with E-state index in [9.17, 15) is 14.4 Å². The molecule has 1 fully saturated rings. The molecule has 1 aliphatic heterocycles. The number of aromatic nitrogens is 1. The van der Waals surface area contributed by atoms with Gasteiger partial charge in [0, 0.05) is 24.4 Å². The highest BCUT2D eigenvalue weighted by Gasteiger charge is 2.29. The first-order valence-corrected chi connectivity index (χ1v) is 12.4. The molecule has 0 unspecified atom stereocenters. The number of rotatable bonds is 6. The summed E-state index contributed by atoms with van der Waals surface area (Å²) < 4.78 is 5.55. The number of fused-ring (bicyclic) bond motifs is 3. The molecule has 2 heterocycles. The average Bonchev–Trinajstić information content (AvgIpc) is 3.44. The fraction of sp³-hybridized carbons (Fsp3) is 0.308. The summed E-state index contributed by atoms with van der Waals surface area (Å²) in [5, 5.41) is 13.9. The molecule has 9 heteroatoms. The SMILES string of the molecule is O=C(Nc1nc(CC(=O)N2CCC(C(=O)O)CC2)cs1)OCC1c2ccccc2-c2ccccc21. The lowest BCUT2D eigenvalue weighted by Crippen LogP contribution is -2.41. The Morgan fingerprint density at radius 1 is 1.03 bits per heavy atom. The predicted octanol–water partition coefficient (Wildman–Crippen LogP) is 4.37. The molecule has 8 nitrogen and oxygen atoms in total. The van der Waals surface area contributed by atoms with Crippen LogP contribution in [-0.2, 0) is 20.7 Å². The molecular weight excluding hydrogens is 466 g/mol. The van der Waals surface area contributed by atoms with E-state index in [1.807, 2.05) is 24.3 Å². The molecule has 2 aliphatic rings. The van der Waals surface area contributed by atoms with E-state index >= 15 is 0 Å². The number of carboxylic acid groups (broad SMARTS) is 1. The van der Waals surface area contributed by atoms with Crippen molar-refractivity contribution in [3.05, 3.63) is 70.7 Å². The van der Waals surface area contributed by atoms with Crippen LogP contribution < -0.4 is 5.32 Å². The summed E-state index contributed by atoms with van der Waals surface area (Å²) >= 11 is 1.23. The molecule has 0 atom stereocenters. The fourth-order valence-corrected chi connectivity index (χ4v) is 5.51. The summed E-state index contributed by atoms with van der Waals surface area (Å²) in [6.45, 7) is 1.08. The van der Waals surface area contributed by atoms with E-state index in [0.717, 1.165) is 11.1 Å². The number of nitrogens with zero attached hydrogens (tertiary/aromatic N) is 2. The van der Waals surface area contributed by atoms with Crippen molar-refractivity contribution >= 4 is 34.4 Å². The van der Waals surface area contributed by atoms with Gasteiger partial charge in [0.15, 0.2) is 5.13 Å². The van der Waals surface area contributed by atoms with E-state index in [1.165, 1.54) is 22.5 Å². The Bertz CT molecular complexity index is 1220. The number of amides is 2. The molecular formula is C26H25N3O5S. The zero-order chi connectivity index (χ0) is 24.4. The normalized spacial score (nSPS) is 15.4. The molecule has 1 aliphatic carbocycles. The summed E-state index contributed by atoms with van der Waals surface area (Å²) in [4.78, 5) is 42.1. The highest BCUT2D eigenvalue weighted by molar-refractivity contribution is 7.13. The van der Waals surface area contributed by atoms with Crippen molar-refractivity contribution < 1.29 is 24.2 Å². The number of hydrogen-bond acceptors (Lipinski definition) is 6. The number of carbonyl (C=O) groups is 3. The second-order valence-electron chi connectivity index (χ2n) is 8.76. The van der Waals surface area contributed by atoms with E-state index in [-0.39, 0.29) is 30.8 Å². The van der Waals surface area contributed by atoms with E-state index in [2.05, 4.69) is 34.6 Å². The van der Waals surface area contributed by atoms with Crippen molar-refractivity contribution in [1.82, 2.24) is 9.88 Å². The Morgan fingerprint density at radius 3 is 2.29 bits per heavy atom. The number of anilines is 1. The molecule has 3 aromatic rings. The van der Waals surface area contributed by atoms with Crippen LogP contribution in [0.3, 0.4) is 0 Å². The molecule has 35 heavy (non-hydrogen) atoms. The third-order valence-corrected chi connectivity index (χ3v) is 7.44. The maximum Gasteiger partial charge on any atom is 0.413 e. The fourth-order valence-electron chi connectivity index (χ4n) is 4.81. The van der Waals surface area contributed by atoms with Gasteiger partial charge in [-0.3, -0.25) is 14.9 Å². The Labute approximate surface area is 206 Å². The molecule has 1 saturated heterocycles. The van der Waals surface area contributed by atoms with Crippen molar-refractivity contribution in [3.8, 4) is 11.1 Å². The number of carbonyl (C=O) groups excluding carboxylic acids is 2. The molecule has 2 amide bonds. The molecule has 0 saturated carbocycles. The lowest BCUT2D eigenvalue weighted by atomic mass is 9.97. The van der Waals surface area contributed by atoms with Gasteiger partial charge in [-0.2, -0.15) is 0 Å². The van der Waals surface area contributed by atoms with Gasteiger partial charge >= 0.3 is 12.1 Å². The lowest BCUT2D eigenvalue weighted by Gasteiger charge is -2.30. The van der Waals surface area contributed by atoms with Crippen LogP contribution in [0.4, 0.5) is 9.93 Å². The van der Waals surface area contributed by atoms with E-state index in [4.69, 9.17) is 9.84 Å². The van der Waals surface area contributed by atoms with Crippen molar-refractivity contribution in [3.63, 3.8) is 0 Å². The third kappa shape index (κ3) is 4.90. The van der Waals surface area contributed by atoms with Gasteiger partial charge in [-0.15, -0.1) is 11.3 Å². The molecule has 180 valence electrons. The first-order valence-electron chi connectivity index (χ1n) is 11.6. The third-order valence-electron chi connectivity index (χ3n) is 6.63. The smallest absolute Gasteiger partial charge is 0.413 e. The standard InChI is InChI=1S/C26H25N3O5S/c30-23(29-11-9-16(10-12-29)24(31)32)13-17-15-35-25(27-17)28-26(33)34-14-22-20-7-3-1-5-18(20)19-6-2-4-8-21(19)22/h1-8,15-16,22H,9-14H2,(H,31,32)(H,27,28,33). The highest BCUT2D eigenvalue weighted by Crippen LogP contribution is 2.44. The maximum atomic E-state index is 12.6. The minimum atomic E-state index is -0.805. The van der Waals surface area contributed by atoms with Crippen LogP contribution in [0.5, 0.6) is 0 Å². The molecule has 2 aromatic carbocycles. The van der Waals surface area contributed by atoms with Gasteiger partial charge in [-0.1, -0.05) is 48.5 Å². The van der Waals surface area contributed by atoms with Gasteiger partial charge < -0.3 is 14.7 Å². The number of aliphatic carboxylic acids is 1. The van der Waals surface area contributed by atoms with Crippen LogP contribution in [0, 0.1) is 5.92 Å². The van der Waals surface area contributed by atoms with Crippen LogP contribution in [0.25, 0.3) is 11.1 Å². The van der Waals surface area contributed by atoms with Crippen LogP contribution >= 0.6 is 11.3 Å². The summed E-state index contributed by atoms with van der Waals surface area (Å²) in [6, 6.07) is 16.3. The topological polar surface area (TPSA) is 109 Å². The van der Waals surface area contributed by atoms with Crippen LogP contribution in [0.2, 0.25) is 0 Å². The highest BCUT2D eigenvalue weighted by atomic mass is 32.1. The number of piperidine rings is 1. The average molecular weight is 492 g/mol. The lowest BCUT2D eigenvalue weighted by molar-refractivity contribution is -0.145. The van der Waals surface area contributed by atoms with Gasteiger partial charge in [0.25, 0.3) is 0 Å². The molecule has 0 radical (unpaired) electrons. The molecule has 5 rings (SSSR count). The number of benzene rings is 2. The van der Waals surface area contributed by atoms with Crippen molar-refractivity contribution in [1.29, 1.82) is 0 Å². The second kappa shape index (κ2) is 9.87. The van der Waals surface area contributed by atoms with E-state index < -0.39 is 12.1 Å². The van der Waals surface area contributed by atoms with E-state index in [0.29, 0.717) is 36.8 Å². The Balaban J connectivity index is 1.14. The molecule has 0 spiro atoms. The van der Waals surface area contributed by atoms with Crippen molar-refractivity contribution in [2.24, 2.45) is 5.92 Å². The van der Waals surface area contributed by atoms with Gasteiger partial charge in [0.05, 0.1) is 18.0 Å². The Hall–Kier alpha value is -3.72. The minimum absolute atomic E-state index is 0.0251.